The second-order valence-corrected chi connectivity index (χ2v) is 9.14. The molecule has 168 valence electrons. The highest BCUT2D eigenvalue weighted by atomic mass is 32.2. The van der Waals surface area contributed by atoms with Crippen molar-refractivity contribution in [2.45, 2.75) is 13.1 Å². The number of hydrogen-bond acceptors (Lipinski definition) is 6. The van der Waals surface area contributed by atoms with E-state index >= 15 is 0 Å². The Morgan fingerprint density at radius 2 is 1.94 bits per heavy atom. The molecule has 0 saturated carbocycles. The Hall–Kier alpha value is -2.79. The Bertz CT molecular complexity index is 1150. The molecule has 1 aliphatic rings. The van der Waals surface area contributed by atoms with E-state index in [1.54, 1.807) is 29.0 Å². The molecule has 0 bridgehead atoms. The number of aromatic nitrogens is 1. The van der Waals surface area contributed by atoms with E-state index in [1.807, 2.05) is 0 Å². The highest BCUT2D eigenvalue weighted by Gasteiger charge is 2.31. The van der Waals surface area contributed by atoms with Gasteiger partial charge in [-0.2, -0.15) is 24.9 Å². The summed E-state index contributed by atoms with van der Waals surface area (Å²) in [7, 11) is 0. The second kappa shape index (κ2) is 8.99. The molecule has 1 fully saturated rings. The average Bonchev–Trinajstić information content (AvgIpc) is 3.40. The molecule has 0 atom stereocenters. The van der Waals surface area contributed by atoms with Crippen molar-refractivity contribution in [1.82, 2.24) is 9.88 Å². The van der Waals surface area contributed by atoms with Gasteiger partial charge in [0.2, 0.25) is 0 Å². The van der Waals surface area contributed by atoms with Gasteiger partial charge < -0.3 is 9.32 Å². The number of halogens is 3. The molecule has 4 rings (SSSR count). The van der Waals surface area contributed by atoms with E-state index in [0.29, 0.717) is 13.1 Å². The molecule has 2 aromatic heterocycles. The van der Waals surface area contributed by atoms with Crippen molar-refractivity contribution in [1.29, 1.82) is 0 Å². The van der Waals surface area contributed by atoms with Crippen LogP contribution in [0.2, 0.25) is 0 Å². The van der Waals surface area contributed by atoms with E-state index in [2.05, 4.69) is 10.3 Å². The third-order valence-corrected chi connectivity index (χ3v) is 6.58. The van der Waals surface area contributed by atoms with Gasteiger partial charge in [-0.05, 0) is 25.1 Å². The predicted octanol–water partition coefficient (Wildman–Crippen LogP) is 5.17. The van der Waals surface area contributed by atoms with Crippen molar-refractivity contribution >= 4 is 40.0 Å². The van der Waals surface area contributed by atoms with E-state index in [1.165, 1.54) is 18.2 Å². The molecule has 0 radical (unpaired) electrons. The maximum atomic E-state index is 13.0. The first-order valence-corrected chi connectivity index (χ1v) is 11.7. The zero-order valence-corrected chi connectivity index (χ0v) is 18.5. The highest BCUT2D eigenvalue weighted by molar-refractivity contribution is 7.99. The van der Waals surface area contributed by atoms with Gasteiger partial charge in [-0.25, -0.2) is 4.98 Å². The minimum atomic E-state index is -4.48. The SMILES string of the molecule is Cc1oc(-c2cccc(C(F)(F)F)c2)cc1C(=O)Nc1nc(C(=O)N2CCSCC2)cs1. The van der Waals surface area contributed by atoms with Gasteiger partial charge in [0.15, 0.2) is 5.13 Å². The Kier molecular flexibility index (Phi) is 6.29. The van der Waals surface area contributed by atoms with Gasteiger partial charge in [0.25, 0.3) is 11.8 Å². The van der Waals surface area contributed by atoms with Crippen molar-refractivity contribution in [3.8, 4) is 11.3 Å². The summed E-state index contributed by atoms with van der Waals surface area (Å²) >= 11 is 2.92. The third kappa shape index (κ3) is 4.83. The fourth-order valence-corrected chi connectivity index (χ4v) is 4.80. The topological polar surface area (TPSA) is 75.4 Å². The number of alkyl halides is 3. The van der Waals surface area contributed by atoms with Gasteiger partial charge in [-0.3, -0.25) is 14.9 Å². The van der Waals surface area contributed by atoms with Gasteiger partial charge in [-0.1, -0.05) is 12.1 Å². The van der Waals surface area contributed by atoms with E-state index < -0.39 is 17.6 Å². The molecule has 1 aliphatic heterocycles. The number of hydrogen-bond donors (Lipinski definition) is 1. The van der Waals surface area contributed by atoms with Crippen LogP contribution in [-0.2, 0) is 6.18 Å². The summed E-state index contributed by atoms with van der Waals surface area (Å²) < 4.78 is 44.5. The summed E-state index contributed by atoms with van der Waals surface area (Å²) in [6, 6.07) is 6.10. The van der Waals surface area contributed by atoms with Crippen LogP contribution >= 0.6 is 23.1 Å². The lowest BCUT2D eigenvalue weighted by Crippen LogP contribution is -2.38. The molecule has 1 saturated heterocycles. The molecule has 11 heteroatoms. The molecule has 3 aromatic rings. The standard InChI is InChI=1S/C21H18F3N3O3S2/c1-12-15(10-17(30-12)13-3-2-4-14(9-13)21(22,23)24)18(28)26-20-25-16(11-32-20)19(29)27-5-7-31-8-6-27/h2-4,9-11H,5-8H2,1H3,(H,25,26,28). The fraction of sp³-hybridized carbons (Fsp3) is 0.286. The molecule has 0 spiro atoms. The molecule has 3 heterocycles. The van der Waals surface area contributed by atoms with Crippen molar-refractivity contribution < 1.29 is 27.2 Å². The first-order chi connectivity index (χ1) is 15.2. The van der Waals surface area contributed by atoms with E-state index in [0.717, 1.165) is 35.0 Å². The molecule has 0 unspecified atom stereocenters. The van der Waals surface area contributed by atoms with Gasteiger partial charge in [0, 0.05) is 35.5 Å². The number of nitrogens with zero attached hydrogens (tertiary/aromatic N) is 2. The summed E-state index contributed by atoms with van der Waals surface area (Å²) in [5.41, 5.74) is -0.148. The zero-order valence-electron chi connectivity index (χ0n) is 16.9. The summed E-state index contributed by atoms with van der Waals surface area (Å²) in [4.78, 5) is 31.2. The van der Waals surface area contributed by atoms with Crippen LogP contribution in [0.3, 0.4) is 0 Å². The monoisotopic (exact) mass is 481 g/mol. The third-order valence-electron chi connectivity index (χ3n) is 4.88. The van der Waals surface area contributed by atoms with Crippen LogP contribution in [0.4, 0.5) is 18.3 Å². The molecular weight excluding hydrogens is 463 g/mol. The van der Waals surface area contributed by atoms with Gasteiger partial charge in [0.1, 0.15) is 17.2 Å². The lowest BCUT2D eigenvalue weighted by atomic mass is 10.1. The van der Waals surface area contributed by atoms with Crippen LogP contribution in [0.15, 0.2) is 40.1 Å². The molecule has 1 N–H and O–H groups in total. The largest absolute Gasteiger partial charge is 0.461 e. The lowest BCUT2D eigenvalue weighted by molar-refractivity contribution is -0.137. The van der Waals surface area contributed by atoms with E-state index in [9.17, 15) is 22.8 Å². The van der Waals surface area contributed by atoms with Crippen LogP contribution < -0.4 is 5.32 Å². The Labute approximate surface area is 189 Å². The Morgan fingerprint density at radius 3 is 2.66 bits per heavy atom. The molecule has 0 aliphatic carbocycles. The maximum absolute atomic E-state index is 13.0. The van der Waals surface area contributed by atoms with E-state index in [4.69, 9.17) is 4.42 Å². The number of furan rings is 1. The van der Waals surface area contributed by atoms with Crippen molar-refractivity contribution in [2.24, 2.45) is 0 Å². The summed E-state index contributed by atoms with van der Waals surface area (Å²) in [5.74, 6) is 1.48. The van der Waals surface area contributed by atoms with E-state index in [-0.39, 0.29) is 39.4 Å². The number of amides is 2. The lowest BCUT2D eigenvalue weighted by Gasteiger charge is -2.25. The second-order valence-electron chi connectivity index (χ2n) is 7.06. The van der Waals surface area contributed by atoms with Crippen LogP contribution in [0.5, 0.6) is 0 Å². The number of aryl methyl sites for hydroxylation is 1. The number of carbonyl (C=O) groups excluding carboxylic acids is 2. The quantitative estimate of drug-likeness (QED) is 0.556. The molecule has 1 aromatic carbocycles. The molecule has 2 amide bonds. The maximum Gasteiger partial charge on any atom is 0.416 e. The molecule has 6 nitrogen and oxygen atoms in total. The average molecular weight is 482 g/mol. The number of thiazole rings is 1. The Balaban J connectivity index is 1.49. The predicted molar refractivity (Wildman–Crippen MR) is 117 cm³/mol. The summed E-state index contributed by atoms with van der Waals surface area (Å²) in [6.45, 7) is 2.88. The number of thioether (sulfide) groups is 1. The minimum absolute atomic E-state index is 0.150. The van der Waals surface area contributed by atoms with Crippen LogP contribution in [0, 0.1) is 6.92 Å². The van der Waals surface area contributed by atoms with Crippen molar-refractivity contribution in [3.63, 3.8) is 0 Å². The molecular formula is C21H18F3N3O3S2. The van der Waals surface area contributed by atoms with Gasteiger partial charge in [0.05, 0.1) is 11.1 Å². The number of benzene rings is 1. The molecule has 32 heavy (non-hydrogen) atoms. The van der Waals surface area contributed by atoms with Crippen LogP contribution in [-0.4, -0.2) is 46.3 Å². The Morgan fingerprint density at radius 1 is 1.19 bits per heavy atom. The van der Waals surface area contributed by atoms with Crippen LogP contribution in [0.25, 0.3) is 11.3 Å². The highest BCUT2D eigenvalue weighted by Crippen LogP contribution is 2.33. The van der Waals surface area contributed by atoms with Crippen molar-refractivity contribution in [3.05, 3.63) is 58.3 Å². The number of nitrogens with one attached hydrogen (secondary N) is 1. The van der Waals surface area contributed by atoms with Crippen LogP contribution in [0.1, 0.15) is 32.2 Å². The smallest absolute Gasteiger partial charge is 0.416 e. The first-order valence-electron chi connectivity index (χ1n) is 9.64. The summed E-state index contributed by atoms with van der Waals surface area (Å²) in [5, 5.41) is 4.48. The first kappa shape index (κ1) is 22.4. The minimum Gasteiger partial charge on any atom is -0.461 e. The summed E-state index contributed by atoms with van der Waals surface area (Å²) in [6.07, 6.45) is -4.48. The number of anilines is 1. The van der Waals surface area contributed by atoms with Gasteiger partial charge in [-0.15, -0.1) is 11.3 Å². The van der Waals surface area contributed by atoms with Gasteiger partial charge >= 0.3 is 6.18 Å². The van der Waals surface area contributed by atoms with Crippen molar-refractivity contribution in [2.75, 3.05) is 29.9 Å². The number of rotatable bonds is 4. The normalized spacial score (nSPS) is 14.4. The number of carbonyl (C=O) groups is 2. The zero-order chi connectivity index (χ0) is 22.9. The fourth-order valence-electron chi connectivity index (χ4n) is 3.22.